The molecule has 8 N–H and O–H groups in total. The van der Waals surface area contributed by atoms with Gasteiger partial charge in [-0.25, -0.2) is 0 Å². The van der Waals surface area contributed by atoms with E-state index in [0.29, 0.717) is 11.4 Å². The highest BCUT2D eigenvalue weighted by Gasteiger charge is 1.99. The third-order valence-corrected chi connectivity index (χ3v) is 1.61. The summed E-state index contributed by atoms with van der Waals surface area (Å²) in [5.74, 6) is 5.59. The third-order valence-electron chi connectivity index (χ3n) is 1.61. The lowest BCUT2D eigenvalue weighted by Crippen LogP contribution is -2.16. The first-order valence-corrected chi connectivity index (χ1v) is 3.63. The summed E-state index contributed by atoms with van der Waals surface area (Å²) in [6, 6.07) is 6.78. The Morgan fingerprint density at radius 1 is 1.00 bits per heavy atom. The molecule has 5 heteroatoms. The molecule has 5 nitrogen and oxygen atoms in total. The lowest BCUT2D eigenvalue weighted by molar-refractivity contribution is 0.334. The molecule has 13 heavy (non-hydrogen) atoms. The van der Waals surface area contributed by atoms with Crippen LogP contribution in [0.2, 0.25) is 0 Å². The molecule has 0 heterocycles. The second-order valence-electron chi connectivity index (χ2n) is 2.51. The number of rotatable bonds is 2. The van der Waals surface area contributed by atoms with Gasteiger partial charge in [-0.15, -0.1) is 0 Å². The zero-order valence-corrected chi connectivity index (χ0v) is 7.03. The van der Waals surface area contributed by atoms with Crippen LogP contribution in [0.5, 0.6) is 5.75 Å². The SMILES string of the molecule is NOc1ccc(C(N)=C(N)N)cc1. The molecule has 0 aliphatic heterocycles. The van der Waals surface area contributed by atoms with Crippen LogP contribution in [-0.2, 0) is 0 Å². The quantitative estimate of drug-likeness (QED) is 0.456. The Morgan fingerprint density at radius 2 is 1.54 bits per heavy atom. The van der Waals surface area contributed by atoms with Crippen LogP contribution in [-0.4, -0.2) is 0 Å². The average molecular weight is 180 g/mol. The Bertz CT molecular complexity index is 313. The van der Waals surface area contributed by atoms with Crippen LogP contribution >= 0.6 is 0 Å². The van der Waals surface area contributed by atoms with E-state index in [9.17, 15) is 0 Å². The van der Waals surface area contributed by atoms with Crippen LogP contribution in [0.25, 0.3) is 5.70 Å². The fourth-order valence-corrected chi connectivity index (χ4v) is 0.880. The average Bonchev–Trinajstić information content (AvgIpc) is 2.17. The largest absolute Gasteiger partial charge is 0.412 e. The maximum absolute atomic E-state index is 5.59. The Hall–Kier alpha value is -1.88. The topological polar surface area (TPSA) is 113 Å². The second kappa shape index (κ2) is 3.68. The summed E-state index contributed by atoms with van der Waals surface area (Å²) in [6.45, 7) is 0. The summed E-state index contributed by atoms with van der Waals surface area (Å²) in [5, 5.41) is 0. The molecule has 0 amide bonds. The molecule has 0 bridgehead atoms. The van der Waals surface area contributed by atoms with Crippen molar-refractivity contribution in [2.24, 2.45) is 23.1 Å². The lowest BCUT2D eigenvalue weighted by atomic mass is 10.1. The lowest BCUT2D eigenvalue weighted by Gasteiger charge is -2.04. The van der Waals surface area contributed by atoms with E-state index in [4.69, 9.17) is 23.1 Å². The van der Waals surface area contributed by atoms with Crippen molar-refractivity contribution < 1.29 is 4.84 Å². The predicted octanol–water partition coefficient (Wildman–Crippen LogP) is -0.559. The van der Waals surface area contributed by atoms with Crippen LogP contribution in [0, 0.1) is 0 Å². The van der Waals surface area contributed by atoms with Crippen molar-refractivity contribution >= 4 is 5.70 Å². The molecule has 0 saturated carbocycles. The zero-order valence-electron chi connectivity index (χ0n) is 7.03. The van der Waals surface area contributed by atoms with Gasteiger partial charge in [0.05, 0.1) is 5.70 Å². The molecule has 0 aliphatic rings. The first-order valence-electron chi connectivity index (χ1n) is 3.63. The highest BCUT2D eigenvalue weighted by molar-refractivity contribution is 5.64. The van der Waals surface area contributed by atoms with E-state index >= 15 is 0 Å². The van der Waals surface area contributed by atoms with Gasteiger partial charge in [0, 0.05) is 5.56 Å². The van der Waals surface area contributed by atoms with Gasteiger partial charge in [0.25, 0.3) is 0 Å². The van der Waals surface area contributed by atoms with Crippen LogP contribution in [0.3, 0.4) is 0 Å². The molecular formula is C8H12N4O. The summed E-state index contributed by atoms with van der Waals surface area (Å²) in [5.41, 5.74) is 17.3. The third kappa shape index (κ3) is 2.03. The van der Waals surface area contributed by atoms with E-state index in [2.05, 4.69) is 4.84 Å². The standard InChI is InChI=1S/C8H12N4O/c9-7(8(10)11)5-1-3-6(13-12)4-2-5/h1-4H,9-12H2. The van der Waals surface area contributed by atoms with E-state index < -0.39 is 0 Å². The predicted molar refractivity (Wildman–Crippen MR) is 50.7 cm³/mol. The Kier molecular flexibility index (Phi) is 2.61. The van der Waals surface area contributed by atoms with Gasteiger partial charge in [-0.2, -0.15) is 5.90 Å². The monoisotopic (exact) mass is 180 g/mol. The number of hydrogen-bond donors (Lipinski definition) is 4. The second-order valence-corrected chi connectivity index (χ2v) is 2.51. The summed E-state index contributed by atoms with van der Waals surface area (Å²) in [7, 11) is 0. The molecule has 0 atom stereocenters. The summed E-state index contributed by atoms with van der Waals surface area (Å²) >= 11 is 0. The van der Waals surface area contributed by atoms with E-state index in [0.717, 1.165) is 5.56 Å². The van der Waals surface area contributed by atoms with Crippen molar-refractivity contribution in [3.63, 3.8) is 0 Å². The Balaban J connectivity index is 2.99. The van der Waals surface area contributed by atoms with Gasteiger partial charge in [-0.1, -0.05) is 0 Å². The molecule has 1 rings (SSSR count). The highest BCUT2D eigenvalue weighted by Crippen LogP contribution is 2.14. The maximum Gasteiger partial charge on any atom is 0.146 e. The molecule has 0 unspecified atom stereocenters. The summed E-state index contributed by atoms with van der Waals surface area (Å²) in [4.78, 5) is 4.49. The number of benzene rings is 1. The Labute approximate surface area is 75.9 Å². The van der Waals surface area contributed by atoms with E-state index in [-0.39, 0.29) is 5.82 Å². The van der Waals surface area contributed by atoms with Crippen molar-refractivity contribution in [3.8, 4) is 5.75 Å². The molecule has 70 valence electrons. The molecule has 1 aromatic rings. The van der Waals surface area contributed by atoms with Crippen LogP contribution in [0.4, 0.5) is 0 Å². The molecule has 0 aliphatic carbocycles. The molecular weight excluding hydrogens is 168 g/mol. The molecule has 0 saturated heterocycles. The van der Waals surface area contributed by atoms with E-state index in [1.165, 1.54) is 0 Å². The molecule has 0 aromatic heterocycles. The van der Waals surface area contributed by atoms with Gasteiger partial charge in [0.15, 0.2) is 0 Å². The normalized spacial score (nSPS) is 9.31. The molecule has 0 spiro atoms. The van der Waals surface area contributed by atoms with Gasteiger partial charge < -0.3 is 22.0 Å². The van der Waals surface area contributed by atoms with Gasteiger partial charge in [0.1, 0.15) is 11.6 Å². The first kappa shape index (κ1) is 9.21. The first-order chi connectivity index (χ1) is 6.15. The fourth-order valence-electron chi connectivity index (χ4n) is 0.880. The van der Waals surface area contributed by atoms with Crippen molar-refractivity contribution in [1.82, 2.24) is 0 Å². The molecule has 1 aromatic carbocycles. The zero-order chi connectivity index (χ0) is 9.84. The minimum absolute atomic E-state index is 0.0985. The van der Waals surface area contributed by atoms with Gasteiger partial charge in [-0.05, 0) is 24.3 Å². The Morgan fingerprint density at radius 3 is 1.92 bits per heavy atom. The number of nitrogens with two attached hydrogens (primary N) is 4. The van der Waals surface area contributed by atoms with Crippen molar-refractivity contribution in [3.05, 3.63) is 35.6 Å². The molecule has 0 radical (unpaired) electrons. The maximum atomic E-state index is 5.59. The smallest absolute Gasteiger partial charge is 0.146 e. The van der Waals surface area contributed by atoms with Crippen LogP contribution < -0.4 is 27.9 Å². The van der Waals surface area contributed by atoms with Crippen LogP contribution in [0.1, 0.15) is 5.56 Å². The van der Waals surface area contributed by atoms with Crippen LogP contribution in [0.15, 0.2) is 30.1 Å². The minimum atomic E-state index is 0.0985. The van der Waals surface area contributed by atoms with E-state index in [1.54, 1.807) is 24.3 Å². The van der Waals surface area contributed by atoms with Gasteiger partial charge >= 0.3 is 0 Å². The van der Waals surface area contributed by atoms with Crippen molar-refractivity contribution in [1.29, 1.82) is 0 Å². The minimum Gasteiger partial charge on any atom is -0.412 e. The molecule has 0 fully saturated rings. The van der Waals surface area contributed by atoms with Crippen molar-refractivity contribution in [2.75, 3.05) is 0 Å². The van der Waals surface area contributed by atoms with Crippen molar-refractivity contribution in [2.45, 2.75) is 0 Å². The summed E-state index contributed by atoms with van der Waals surface area (Å²) in [6.07, 6.45) is 0. The van der Waals surface area contributed by atoms with Gasteiger partial charge in [0.2, 0.25) is 0 Å². The summed E-state index contributed by atoms with van der Waals surface area (Å²) < 4.78 is 0. The van der Waals surface area contributed by atoms with E-state index in [1.807, 2.05) is 0 Å². The fraction of sp³-hybridized carbons (Fsp3) is 0. The van der Waals surface area contributed by atoms with Gasteiger partial charge in [-0.3, -0.25) is 0 Å². The highest BCUT2D eigenvalue weighted by atomic mass is 16.6. The number of hydrogen-bond acceptors (Lipinski definition) is 5.